The topological polar surface area (TPSA) is 110 Å². The lowest BCUT2D eigenvalue weighted by molar-refractivity contribution is -0.138. The average Bonchev–Trinajstić information content (AvgIpc) is 3.17. The van der Waals surface area contributed by atoms with Crippen LogP contribution in [0.1, 0.15) is 55.5 Å². The molecule has 8 heteroatoms. The van der Waals surface area contributed by atoms with E-state index in [0.29, 0.717) is 11.9 Å². The summed E-state index contributed by atoms with van der Waals surface area (Å²) in [5, 5.41) is 10.7. The zero-order valence-electron chi connectivity index (χ0n) is 18.5. The number of aromatic amines is 1. The van der Waals surface area contributed by atoms with Crippen LogP contribution in [-0.4, -0.2) is 30.2 Å². The van der Waals surface area contributed by atoms with Crippen molar-refractivity contribution in [1.29, 1.82) is 0 Å². The standard InChI is InChI=1S/C24H26N4O4/c1-5-16(10-21(29)30)28-23(31)18-11-25-7-6-20(18)27(24(28)32)15(4)17-12-26-19-9-13(2)8-14(3)22(17)19/h6-9,11-12,15-16,26H,5,10H2,1-4H3,(H,29,30)/t15-,16?/m1/s1. The van der Waals surface area contributed by atoms with Crippen molar-refractivity contribution in [2.24, 2.45) is 0 Å². The van der Waals surface area contributed by atoms with E-state index in [1.54, 1.807) is 23.8 Å². The van der Waals surface area contributed by atoms with Crippen LogP contribution in [0.3, 0.4) is 0 Å². The van der Waals surface area contributed by atoms with Gasteiger partial charge in [-0.05, 0) is 50.5 Å². The summed E-state index contributed by atoms with van der Waals surface area (Å²) in [6.45, 7) is 7.75. The third-order valence-electron chi connectivity index (χ3n) is 6.15. The Labute approximate surface area is 184 Å². The van der Waals surface area contributed by atoms with E-state index in [1.807, 2.05) is 27.0 Å². The quantitative estimate of drug-likeness (QED) is 0.481. The van der Waals surface area contributed by atoms with Crippen LogP contribution in [0.15, 0.2) is 46.4 Å². The fourth-order valence-corrected chi connectivity index (χ4v) is 4.67. The monoisotopic (exact) mass is 434 g/mol. The van der Waals surface area contributed by atoms with Crippen LogP contribution in [0, 0.1) is 13.8 Å². The molecule has 166 valence electrons. The van der Waals surface area contributed by atoms with Crippen molar-refractivity contribution in [2.45, 2.75) is 52.6 Å². The van der Waals surface area contributed by atoms with Gasteiger partial charge in [-0.15, -0.1) is 0 Å². The van der Waals surface area contributed by atoms with Crippen molar-refractivity contribution in [3.63, 3.8) is 0 Å². The Balaban J connectivity index is 2.04. The zero-order chi connectivity index (χ0) is 23.2. The second-order valence-corrected chi connectivity index (χ2v) is 8.30. The first-order valence-electron chi connectivity index (χ1n) is 10.6. The van der Waals surface area contributed by atoms with Gasteiger partial charge in [0.05, 0.1) is 29.4 Å². The summed E-state index contributed by atoms with van der Waals surface area (Å²) in [6, 6.07) is 4.66. The molecule has 0 saturated heterocycles. The van der Waals surface area contributed by atoms with Gasteiger partial charge in [-0.3, -0.25) is 23.7 Å². The lowest BCUT2D eigenvalue weighted by Crippen LogP contribution is -2.43. The first kappa shape index (κ1) is 21.5. The molecule has 32 heavy (non-hydrogen) atoms. The normalized spacial score (nSPS) is 13.5. The lowest BCUT2D eigenvalue weighted by atomic mass is 10.0. The number of hydrogen-bond acceptors (Lipinski definition) is 4. The molecule has 3 aromatic heterocycles. The first-order chi connectivity index (χ1) is 15.2. The fraction of sp³-hybridized carbons (Fsp3) is 0.333. The molecule has 4 aromatic rings. The number of H-pyrrole nitrogens is 1. The first-order valence-corrected chi connectivity index (χ1v) is 10.6. The number of aryl methyl sites for hydroxylation is 2. The van der Waals surface area contributed by atoms with Gasteiger partial charge in [-0.1, -0.05) is 13.0 Å². The van der Waals surface area contributed by atoms with Crippen molar-refractivity contribution in [2.75, 3.05) is 0 Å². The Hall–Kier alpha value is -3.68. The molecule has 0 saturated carbocycles. The SMILES string of the molecule is CCC(CC(=O)O)n1c(=O)c2cnccc2n([C@H](C)c2c[nH]c3cc(C)cc(C)c23)c1=O. The number of fused-ring (bicyclic) bond motifs is 2. The van der Waals surface area contributed by atoms with Crippen LogP contribution in [0.5, 0.6) is 0 Å². The number of benzene rings is 1. The molecular formula is C24H26N4O4. The predicted molar refractivity (Wildman–Crippen MR) is 123 cm³/mol. The molecule has 0 bridgehead atoms. The summed E-state index contributed by atoms with van der Waals surface area (Å²) in [5.41, 5.74) is 3.57. The molecular weight excluding hydrogens is 408 g/mol. The molecule has 0 aliphatic rings. The fourth-order valence-electron chi connectivity index (χ4n) is 4.67. The minimum Gasteiger partial charge on any atom is -0.481 e. The molecule has 3 heterocycles. The van der Waals surface area contributed by atoms with Crippen LogP contribution in [-0.2, 0) is 4.79 Å². The van der Waals surface area contributed by atoms with Crippen LogP contribution >= 0.6 is 0 Å². The van der Waals surface area contributed by atoms with Gasteiger partial charge in [0.1, 0.15) is 0 Å². The third-order valence-corrected chi connectivity index (χ3v) is 6.15. The molecule has 0 amide bonds. The second-order valence-electron chi connectivity index (χ2n) is 8.30. The van der Waals surface area contributed by atoms with Crippen molar-refractivity contribution in [3.05, 3.63) is 74.3 Å². The molecule has 2 N–H and O–H groups in total. The number of carboxylic acids is 1. The van der Waals surface area contributed by atoms with Gasteiger partial charge in [-0.25, -0.2) is 4.79 Å². The van der Waals surface area contributed by atoms with E-state index in [2.05, 4.69) is 22.1 Å². The number of hydrogen-bond donors (Lipinski definition) is 2. The van der Waals surface area contributed by atoms with Crippen molar-refractivity contribution in [1.82, 2.24) is 19.1 Å². The van der Waals surface area contributed by atoms with Gasteiger partial charge in [0.25, 0.3) is 5.56 Å². The molecule has 1 aromatic carbocycles. The maximum atomic E-state index is 13.7. The van der Waals surface area contributed by atoms with Crippen molar-refractivity contribution in [3.8, 4) is 0 Å². The summed E-state index contributed by atoms with van der Waals surface area (Å²) in [7, 11) is 0. The minimum atomic E-state index is -1.06. The van der Waals surface area contributed by atoms with E-state index < -0.39 is 29.3 Å². The summed E-state index contributed by atoms with van der Waals surface area (Å²) in [6.07, 6.45) is 4.91. The summed E-state index contributed by atoms with van der Waals surface area (Å²) in [5.74, 6) is -1.06. The highest BCUT2D eigenvalue weighted by molar-refractivity contribution is 5.88. The van der Waals surface area contributed by atoms with E-state index in [9.17, 15) is 19.5 Å². The van der Waals surface area contributed by atoms with Gasteiger partial charge >= 0.3 is 11.7 Å². The molecule has 4 rings (SSSR count). The van der Waals surface area contributed by atoms with Gasteiger partial charge < -0.3 is 10.1 Å². The molecule has 1 unspecified atom stereocenters. The molecule has 0 fully saturated rings. The Morgan fingerprint density at radius 1 is 1.22 bits per heavy atom. The number of rotatable bonds is 6. The number of aliphatic carboxylic acids is 1. The Bertz CT molecular complexity index is 1460. The predicted octanol–water partition coefficient (Wildman–Crippen LogP) is 3.69. The second kappa shape index (κ2) is 8.11. The highest BCUT2D eigenvalue weighted by atomic mass is 16.4. The Morgan fingerprint density at radius 2 is 1.97 bits per heavy atom. The number of carboxylic acid groups (broad SMARTS) is 1. The van der Waals surface area contributed by atoms with E-state index in [1.165, 1.54) is 6.20 Å². The molecule has 2 atom stereocenters. The van der Waals surface area contributed by atoms with Crippen LogP contribution in [0.25, 0.3) is 21.8 Å². The molecule has 8 nitrogen and oxygen atoms in total. The Morgan fingerprint density at radius 3 is 2.66 bits per heavy atom. The van der Waals surface area contributed by atoms with Crippen LogP contribution in [0.4, 0.5) is 0 Å². The van der Waals surface area contributed by atoms with Gasteiger partial charge in [0.15, 0.2) is 0 Å². The highest BCUT2D eigenvalue weighted by Crippen LogP contribution is 2.31. The van der Waals surface area contributed by atoms with E-state index >= 15 is 0 Å². The van der Waals surface area contributed by atoms with E-state index in [-0.39, 0.29) is 11.8 Å². The average molecular weight is 434 g/mol. The maximum Gasteiger partial charge on any atom is 0.332 e. The van der Waals surface area contributed by atoms with E-state index in [0.717, 1.165) is 32.2 Å². The van der Waals surface area contributed by atoms with Gasteiger partial charge in [0, 0.05) is 35.1 Å². The summed E-state index contributed by atoms with van der Waals surface area (Å²) in [4.78, 5) is 45.7. The number of nitrogens with one attached hydrogen (secondary N) is 1. The minimum absolute atomic E-state index is 0.287. The number of nitrogens with zero attached hydrogens (tertiary/aromatic N) is 3. The molecule has 0 aliphatic carbocycles. The Kier molecular flexibility index (Phi) is 5.46. The van der Waals surface area contributed by atoms with Crippen molar-refractivity contribution >= 4 is 27.8 Å². The van der Waals surface area contributed by atoms with Gasteiger partial charge in [0.2, 0.25) is 0 Å². The van der Waals surface area contributed by atoms with Gasteiger partial charge in [-0.2, -0.15) is 0 Å². The number of carbonyl (C=O) groups is 1. The van der Waals surface area contributed by atoms with E-state index in [4.69, 9.17) is 0 Å². The summed E-state index contributed by atoms with van der Waals surface area (Å²) >= 11 is 0. The molecule has 0 aliphatic heterocycles. The molecule has 0 spiro atoms. The number of aromatic nitrogens is 4. The maximum absolute atomic E-state index is 13.7. The van der Waals surface area contributed by atoms with Crippen molar-refractivity contribution < 1.29 is 9.90 Å². The zero-order valence-corrected chi connectivity index (χ0v) is 18.5. The van der Waals surface area contributed by atoms with Crippen LogP contribution in [0.2, 0.25) is 0 Å². The largest absolute Gasteiger partial charge is 0.481 e. The number of pyridine rings is 1. The summed E-state index contributed by atoms with van der Waals surface area (Å²) < 4.78 is 2.66. The highest BCUT2D eigenvalue weighted by Gasteiger charge is 2.25. The third kappa shape index (κ3) is 3.41. The smallest absolute Gasteiger partial charge is 0.332 e. The molecule has 0 radical (unpaired) electrons. The van der Waals surface area contributed by atoms with Crippen LogP contribution < -0.4 is 11.2 Å². The lowest BCUT2D eigenvalue weighted by Gasteiger charge is -2.23.